The van der Waals surface area contributed by atoms with E-state index in [-0.39, 0.29) is 23.6 Å². The van der Waals surface area contributed by atoms with Crippen molar-refractivity contribution in [1.29, 1.82) is 0 Å². The Hall–Kier alpha value is -3.40. The summed E-state index contributed by atoms with van der Waals surface area (Å²) < 4.78 is 35.0. The SMILES string of the molecule is CC(C)(C)OC(=O)N1CCNCC1c1ccc(NC(=O)Nc2ccccc2OC(F)F)cc1. The molecule has 0 aromatic heterocycles. The van der Waals surface area contributed by atoms with Crippen molar-refractivity contribution in [3.8, 4) is 5.75 Å². The molecule has 0 bridgehead atoms. The van der Waals surface area contributed by atoms with Crippen LogP contribution in [0, 0.1) is 0 Å². The van der Waals surface area contributed by atoms with E-state index >= 15 is 0 Å². The first-order valence-corrected chi connectivity index (χ1v) is 10.5. The lowest BCUT2D eigenvalue weighted by Crippen LogP contribution is -2.50. The Bertz CT molecular complexity index is 964. The highest BCUT2D eigenvalue weighted by Gasteiger charge is 2.31. The number of nitrogens with one attached hydrogen (secondary N) is 3. The van der Waals surface area contributed by atoms with Crippen LogP contribution in [0.5, 0.6) is 5.75 Å². The molecule has 1 fully saturated rings. The van der Waals surface area contributed by atoms with Gasteiger partial charge in [0, 0.05) is 25.3 Å². The molecule has 3 N–H and O–H groups in total. The highest BCUT2D eigenvalue weighted by atomic mass is 19.3. The van der Waals surface area contributed by atoms with Crippen molar-refractivity contribution in [2.45, 2.75) is 39.0 Å². The van der Waals surface area contributed by atoms with Gasteiger partial charge in [0.2, 0.25) is 0 Å². The molecule has 1 heterocycles. The van der Waals surface area contributed by atoms with Crippen molar-refractivity contribution in [1.82, 2.24) is 10.2 Å². The number of piperazine rings is 1. The standard InChI is InChI=1S/C23H28F2N4O4/c1-23(2,3)33-22(31)29-13-12-26-14-18(29)15-8-10-16(11-9-15)27-21(30)28-17-6-4-5-7-19(17)32-20(24)25/h4-11,18,20,26H,12-14H2,1-3H3,(H2,27,28,30). The molecule has 178 valence electrons. The lowest BCUT2D eigenvalue weighted by atomic mass is 10.0. The summed E-state index contributed by atoms with van der Waals surface area (Å²) in [5.41, 5.74) is 0.908. The number of rotatable bonds is 5. The molecule has 0 spiro atoms. The second kappa shape index (κ2) is 10.5. The Labute approximate surface area is 191 Å². The van der Waals surface area contributed by atoms with E-state index in [1.165, 1.54) is 18.2 Å². The fraction of sp³-hybridized carbons (Fsp3) is 0.391. The predicted molar refractivity (Wildman–Crippen MR) is 121 cm³/mol. The number of benzene rings is 2. The molecule has 8 nitrogen and oxygen atoms in total. The Morgan fingerprint density at radius 2 is 1.79 bits per heavy atom. The summed E-state index contributed by atoms with van der Waals surface area (Å²) in [6.07, 6.45) is -0.375. The number of hydrogen-bond acceptors (Lipinski definition) is 5. The third kappa shape index (κ3) is 7.04. The summed E-state index contributed by atoms with van der Waals surface area (Å²) in [6, 6.07) is 12.1. The lowest BCUT2D eigenvalue weighted by Gasteiger charge is -2.37. The quantitative estimate of drug-likeness (QED) is 0.593. The lowest BCUT2D eigenvalue weighted by molar-refractivity contribution is -0.0493. The van der Waals surface area contributed by atoms with Crippen LogP contribution in [0.15, 0.2) is 48.5 Å². The van der Waals surface area contributed by atoms with E-state index in [1.54, 1.807) is 23.1 Å². The van der Waals surface area contributed by atoms with Crippen molar-refractivity contribution in [3.63, 3.8) is 0 Å². The van der Waals surface area contributed by atoms with Crippen LogP contribution in [0.2, 0.25) is 0 Å². The van der Waals surface area contributed by atoms with Gasteiger partial charge in [0.25, 0.3) is 0 Å². The second-order valence-electron chi connectivity index (χ2n) is 8.47. The first kappa shape index (κ1) is 24.2. The van der Waals surface area contributed by atoms with E-state index in [0.717, 1.165) is 5.56 Å². The van der Waals surface area contributed by atoms with Gasteiger partial charge in [-0.3, -0.25) is 4.90 Å². The van der Waals surface area contributed by atoms with Gasteiger partial charge in [-0.1, -0.05) is 24.3 Å². The number of carbonyl (C=O) groups excluding carboxylic acids is 2. The van der Waals surface area contributed by atoms with Gasteiger partial charge in [-0.25, -0.2) is 9.59 Å². The third-order valence-corrected chi connectivity index (χ3v) is 4.78. The third-order valence-electron chi connectivity index (χ3n) is 4.78. The van der Waals surface area contributed by atoms with Crippen LogP contribution >= 0.6 is 0 Å². The zero-order valence-corrected chi connectivity index (χ0v) is 18.7. The first-order valence-electron chi connectivity index (χ1n) is 10.5. The molecule has 1 aliphatic heterocycles. The number of ether oxygens (including phenoxy) is 2. The number of carbonyl (C=O) groups is 2. The number of para-hydroxylation sites is 2. The maximum absolute atomic E-state index is 12.6. The maximum Gasteiger partial charge on any atom is 0.410 e. The van der Waals surface area contributed by atoms with E-state index in [1.807, 2.05) is 32.9 Å². The molecule has 0 radical (unpaired) electrons. The average Bonchev–Trinajstić information content (AvgIpc) is 2.74. The molecular formula is C23H28F2N4O4. The molecule has 1 unspecified atom stereocenters. The molecule has 3 amide bonds. The van der Waals surface area contributed by atoms with Gasteiger partial charge in [-0.2, -0.15) is 8.78 Å². The summed E-state index contributed by atoms with van der Waals surface area (Å²) in [5, 5.41) is 8.43. The molecule has 2 aromatic carbocycles. The van der Waals surface area contributed by atoms with Crippen LogP contribution in [0.3, 0.4) is 0 Å². The van der Waals surface area contributed by atoms with E-state index in [4.69, 9.17) is 4.74 Å². The number of urea groups is 1. The molecule has 0 saturated carbocycles. The van der Waals surface area contributed by atoms with Crippen LogP contribution in [-0.4, -0.2) is 48.9 Å². The van der Waals surface area contributed by atoms with Crippen LogP contribution in [0.25, 0.3) is 0 Å². The number of amides is 3. The molecule has 1 aliphatic rings. The van der Waals surface area contributed by atoms with Crippen molar-refractivity contribution < 1.29 is 27.8 Å². The number of hydrogen-bond donors (Lipinski definition) is 3. The maximum atomic E-state index is 12.6. The average molecular weight is 462 g/mol. The van der Waals surface area contributed by atoms with E-state index in [2.05, 4.69) is 20.7 Å². The summed E-state index contributed by atoms with van der Waals surface area (Å²) in [5.74, 6) is -0.134. The molecular weight excluding hydrogens is 434 g/mol. The van der Waals surface area contributed by atoms with Crippen molar-refractivity contribution >= 4 is 23.5 Å². The Morgan fingerprint density at radius 3 is 2.45 bits per heavy atom. The van der Waals surface area contributed by atoms with E-state index in [9.17, 15) is 18.4 Å². The molecule has 1 saturated heterocycles. The normalized spacial score (nSPS) is 16.3. The highest BCUT2D eigenvalue weighted by Crippen LogP contribution is 2.27. The number of halogens is 2. The first-order chi connectivity index (χ1) is 15.6. The second-order valence-corrected chi connectivity index (χ2v) is 8.47. The Balaban J connectivity index is 1.65. The number of alkyl halides is 2. The number of anilines is 2. The van der Waals surface area contributed by atoms with Crippen LogP contribution in [0.1, 0.15) is 32.4 Å². The molecule has 10 heteroatoms. The van der Waals surface area contributed by atoms with Crippen LogP contribution in [0.4, 0.5) is 29.7 Å². The summed E-state index contributed by atoms with van der Waals surface area (Å²) in [4.78, 5) is 26.7. The summed E-state index contributed by atoms with van der Waals surface area (Å²) in [6.45, 7) is 4.24. The number of nitrogens with zero attached hydrogens (tertiary/aromatic N) is 1. The molecule has 3 rings (SSSR count). The van der Waals surface area contributed by atoms with Crippen molar-refractivity contribution in [2.75, 3.05) is 30.3 Å². The van der Waals surface area contributed by atoms with Gasteiger partial charge >= 0.3 is 18.7 Å². The van der Waals surface area contributed by atoms with Gasteiger partial charge in [-0.05, 0) is 50.6 Å². The molecule has 33 heavy (non-hydrogen) atoms. The molecule has 0 aliphatic carbocycles. The van der Waals surface area contributed by atoms with Gasteiger partial charge in [0.15, 0.2) is 0 Å². The van der Waals surface area contributed by atoms with Gasteiger partial charge in [-0.15, -0.1) is 0 Å². The van der Waals surface area contributed by atoms with Gasteiger partial charge in [0.05, 0.1) is 11.7 Å². The zero-order chi connectivity index (χ0) is 24.0. The highest BCUT2D eigenvalue weighted by molar-refractivity contribution is 6.00. The monoisotopic (exact) mass is 462 g/mol. The minimum Gasteiger partial charge on any atom is -0.444 e. The minimum absolute atomic E-state index is 0.119. The van der Waals surface area contributed by atoms with Crippen LogP contribution in [-0.2, 0) is 4.74 Å². The fourth-order valence-electron chi connectivity index (χ4n) is 3.38. The predicted octanol–water partition coefficient (Wildman–Crippen LogP) is 4.81. The van der Waals surface area contributed by atoms with Crippen molar-refractivity contribution in [2.24, 2.45) is 0 Å². The topological polar surface area (TPSA) is 91.9 Å². The van der Waals surface area contributed by atoms with E-state index < -0.39 is 18.2 Å². The van der Waals surface area contributed by atoms with Gasteiger partial charge in [0.1, 0.15) is 11.4 Å². The smallest absolute Gasteiger partial charge is 0.410 e. The van der Waals surface area contributed by atoms with Gasteiger partial charge < -0.3 is 25.4 Å². The fourth-order valence-corrected chi connectivity index (χ4v) is 3.38. The summed E-state index contributed by atoms with van der Waals surface area (Å²) in [7, 11) is 0. The summed E-state index contributed by atoms with van der Waals surface area (Å²) >= 11 is 0. The van der Waals surface area contributed by atoms with Crippen molar-refractivity contribution in [3.05, 3.63) is 54.1 Å². The molecule has 1 atom stereocenters. The zero-order valence-electron chi connectivity index (χ0n) is 18.7. The van der Waals surface area contributed by atoms with E-state index in [0.29, 0.717) is 25.3 Å². The Morgan fingerprint density at radius 1 is 1.09 bits per heavy atom. The largest absolute Gasteiger partial charge is 0.444 e. The van der Waals surface area contributed by atoms with Crippen LogP contribution < -0.4 is 20.7 Å². The molecule has 2 aromatic rings. The Kier molecular flexibility index (Phi) is 7.70. The minimum atomic E-state index is -3.00.